The summed E-state index contributed by atoms with van der Waals surface area (Å²) in [6.45, 7) is 2.60. The summed E-state index contributed by atoms with van der Waals surface area (Å²) >= 11 is 0. The van der Waals surface area contributed by atoms with Crippen molar-refractivity contribution in [2.24, 2.45) is 10.3 Å². The van der Waals surface area contributed by atoms with Gasteiger partial charge in [-0.3, -0.25) is 9.99 Å². The number of rotatable bonds is 5. The molecule has 0 unspecified atom stereocenters. The maximum absolute atomic E-state index is 8.89. The molecule has 14 heavy (non-hydrogen) atoms. The van der Waals surface area contributed by atoms with Crippen molar-refractivity contribution in [3.8, 4) is 0 Å². The fourth-order valence-corrected chi connectivity index (χ4v) is 0.930. The molecule has 1 heterocycles. The SMILES string of the molecule is CCCN(CO)N=Nc1cccnc1. The van der Waals surface area contributed by atoms with Gasteiger partial charge in [-0.25, -0.2) is 0 Å². The van der Waals surface area contributed by atoms with Gasteiger partial charge in [0.05, 0.1) is 6.20 Å². The summed E-state index contributed by atoms with van der Waals surface area (Å²) in [6, 6.07) is 3.59. The van der Waals surface area contributed by atoms with Gasteiger partial charge in [-0.05, 0) is 18.6 Å². The molecule has 0 aromatic carbocycles. The van der Waals surface area contributed by atoms with Gasteiger partial charge in [-0.1, -0.05) is 12.1 Å². The van der Waals surface area contributed by atoms with Crippen molar-refractivity contribution in [3.63, 3.8) is 0 Å². The number of aromatic nitrogens is 1. The highest BCUT2D eigenvalue weighted by Crippen LogP contribution is 2.08. The highest BCUT2D eigenvalue weighted by Gasteiger charge is 1.95. The zero-order chi connectivity index (χ0) is 10.2. The third-order valence-electron chi connectivity index (χ3n) is 1.58. The van der Waals surface area contributed by atoms with E-state index in [9.17, 15) is 0 Å². The molecule has 0 saturated carbocycles. The van der Waals surface area contributed by atoms with Gasteiger partial charge in [0.15, 0.2) is 0 Å². The highest BCUT2D eigenvalue weighted by molar-refractivity contribution is 5.30. The molecule has 0 aliphatic heterocycles. The molecule has 0 spiro atoms. The first kappa shape index (κ1) is 10.6. The molecule has 0 atom stereocenters. The second kappa shape index (κ2) is 6.04. The van der Waals surface area contributed by atoms with E-state index in [1.807, 2.05) is 6.92 Å². The van der Waals surface area contributed by atoms with E-state index in [0.717, 1.165) is 6.42 Å². The van der Waals surface area contributed by atoms with Crippen molar-refractivity contribution in [1.82, 2.24) is 9.99 Å². The highest BCUT2D eigenvalue weighted by atomic mass is 16.3. The predicted octanol–water partition coefficient (Wildman–Crippen LogP) is 1.74. The zero-order valence-electron chi connectivity index (χ0n) is 8.17. The molecule has 5 heteroatoms. The van der Waals surface area contributed by atoms with Gasteiger partial charge in [-0.15, -0.1) is 5.11 Å². The second-order valence-corrected chi connectivity index (χ2v) is 2.77. The first-order chi connectivity index (χ1) is 6.86. The summed E-state index contributed by atoms with van der Waals surface area (Å²) in [6.07, 6.45) is 4.21. The minimum Gasteiger partial charge on any atom is -0.375 e. The van der Waals surface area contributed by atoms with Gasteiger partial charge in [0.1, 0.15) is 12.4 Å². The van der Waals surface area contributed by atoms with Crippen LogP contribution < -0.4 is 0 Å². The van der Waals surface area contributed by atoms with Gasteiger partial charge >= 0.3 is 0 Å². The van der Waals surface area contributed by atoms with Crippen LogP contribution in [0.15, 0.2) is 34.9 Å². The lowest BCUT2D eigenvalue weighted by Gasteiger charge is -2.11. The molecule has 5 nitrogen and oxygen atoms in total. The number of aliphatic hydroxyl groups is 1. The van der Waals surface area contributed by atoms with Crippen LogP contribution in [-0.2, 0) is 0 Å². The zero-order valence-corrected chi connectivity index (χ0v) is 8.17. The van der Waals surface area contributed by atoms with Gasteiger partial charge in [-0.2, -0.15) is 0 Å². The summed E-state index contributed by atoms with van der Waals surface area (Å²) in [5.41, 5.74) is 0.682. The van der Waals surface area contributed by atoms with Gasteiger partial charge < -0.3 is 5.11 Å². The van der Waals surface area contributed by atoms with Gasteiger partial charge in [0.2, 0.25) is 0 Å². The summed E-state index contributed by atoms with van der Waals surface area (Å²) in [7, 11) is 0. The van der Waals surface area contributed by atoms with E-state index in [-0.39, 0.29) is 6.73 Å². The van der Waals surface area contributed by atoms with E-state index in [1.165, 1.54) is 5.01 Å². The van der Waals surface area contributed by atoms with Crippen molar-refractivity contribution in [2.75, 3.05) is 13.3 Å². The maximum Gasteiger partial charge on any atom is 0.133 e. The van der Waals surface area contributed by atoms with Crippen molar-refractivity contribution < 1.29 is 5.11 Å². The van der Waals surface area contributed by atoms with Crippen LogP contribution in [-0.4, -0.2) is 28.4 Å². The van der Waals surface area contributed by atoms with Crippen LogP contribution in [0.25, 0.3) is 0 Å². The van der Waals surface area contributed by atoms with Crippen LogP contribution >= 0.6 is 0 Å². The van der Waals surface area contributed by atoms with E-state index < -0.39 is 0 Å². The van der Waals surface area contributed by atoms with E-state index >= 15 is 0 Å². The Morgan fingerprint density at radius 3 is 3.00 bits per heavy atom. The lowest BCUT2D eigenvalue weighted by molar-refractivity contribution is 0.103. The van der Waals surface area contributed by atoms with Crippen LogP contribution in [0.3, 0.4) is 0 Å². The molecule has 0 amide bonds. The fourth-order valence-electron chi connectivity index (χ4n) is 0.930. The number of nitrogens with zero attached hydrogens (tertiary/aromatic N) is 4. The standard InChI is InChI=1S/C9H14N4O/c1-2-6-13(8-14)12-11-9-4-3-5-10-7-9/h3-5,7,14H,2,6,8H2,1H3. The van der Waals surface area contributed by atoms with E-state index in [4.69, 9.17) is 5.11 Å². The smallest absolute Gasteiger partial charge is 0.133 e. The summed E-state index contributed by atoms with van der Waals surface area (Å²) in [4.78, 5) is 3.90. The van der Waals surface area contributed by atoms with Gasteiger partial charge in [0.25, 0.3) is 0 Å². The van der Waals surface area contributed by atoms with E-state index in [1.54, 1.807) is 24.5 Å². The largest absolute Gasteiger partial charge is 0.375 e. The third-order valence-corrected chi connectivity index (χ3v) is 1.58. The Morgan fingerprint density at radius 1 is 1.57 bits per heavy atom. The Morgan fingerprint density at radius 2 is 2.43 bits per heavy atom. The minimum atomic E-state index is -0.113. The number of hydrogen-bond donors (Lipinski definition) is 1. The molecular formula is C9H14N4O. The van der Waals surface area contributed by atoms with Crippen molar-refractivity contribution in [1.29, 1.82) is 0 Å². The van der Waals surface area contributed by atoms with Crippen LogP contribution in [0.5, 0.6) is 0 Å². The van der Waals surface area contributed by atoms with Crippen LogP contribution in [0.2, 0.25) is 0 Å². The Hall–Kier alpha value is -1.49. The number of pyridine rings is 1. The second-order valence-electron chi connectivity index (χ2n) is 2.77. The predicted molar refractivity (Wildman–Crippen MR) is 52.8 cm³/mol. The molecule has 1 aromatic heterocycles. The molecule has 0 aliphatic carbocycles. The van der Waals surface area contributed by atoms with Crippen molar-refractivity contribution >= 4 is 5.69 Å². The van der Waals surface area contributed by atoms with Crippen molar-refractivity contribution in [3.05, 3.63) is 24.5 Å². The molecule has 0 aliphatic rings. The lowest BCUT2D eigenvalue weighted by Crippen LogP contribution is -2.18. The first-order valence-electron chi connectivity index (χ1n) is 4.54. The molecule has 0 saturated heterocycles. The molecular weight excluding hydrogens is 180 g/mol. The molecule has 1 N–H and O–H groups in total. The van der Waals surface area contributed by atoms with Gasteiger partial charge in [0, 0.05) is 12.7 Å². The Bertz CT molecular complexity index is 275. The average molecular weight is 194 g/mol. The van der Waals surface area contributed by atoms with Crippen LogP contribution in [0, 0.1) is 0 Å². The molecule has 0 bridgehead atoms. The third kappa shape index (κ3) is 3.49. The van der Waals surface area contributed by atoms with Crippen LogP contribution in [0.1, 0.15) is 13.3 Å². The van der Waals surface area contributed by atoms with E-state index in [0.29, 0.717) is 12.2 Å². The summed E-state index contributed by atoms with van der Waals surface area (Å²) in [5, 5.41) is 18.2. The normalized spacial score (nSPS) is 10.7. The molecule has 76 valence electrons. The topological polar surface area (TPSA) is 61.1 Å². The molecule has 0 fully saturated rings. The monoisotopic (exact) mass is 194 g/mol. The van der Waals surface area contributed by atoms with Crippen LogP contribution in [0.4, 0.5) is 5.69 Å². The minimum absolute atomic E-state index is 0.113. The fraction of sp³-hybridized carbons (Fsp3) is 0.444. The molecule has 1 aromatic rings. The maximum atomic E-state index is 8.89. The quantitative estimate of drug-likeness (QED) is 0.441. The summed E-state index contributed by atoms with van der Waals surface area (Å²) < 4.78 is 0. The number of hydrogen-bond acceptors (Lipinski definition) is 4. The number of aliphatic hydroxyl groups excluding tert-OH is 1. The Labute approximate surface area is 83.1 Å². The summed E-state index contributed by atoms with van der Waals surface area (Å²) in [5.74, 6) is 0. The van der Waals surface area contributed by atoms with Crippen molar-refractivity contribution in [2.45, 2.75) is 13.3 Å². The first-order valence-corrected chi connectivity index (χ1v) is 4.54. The van der Waals surface area contributed by atoms with E-state index in [2.05, 4.69) is 15.3 Å². The Kier molecular flexibility index (Phi) is 4.57. The lowest BCUT2D eigenvalue weighted by atomic mass is 10.4. The molecule has 0 radical (unpaired) electrons. The average Bonchev–Trinajstić information content (AvgIpc) is 2.25. The Balaban J connectivity index is 2.53. The molecule has 1 rings (SSSR count).